The second kappa shape index (κ2) is 6.32. The minimum Gasteiger partial charge on any atom is -0.347 e. The van der Waals surface area contributed by atoms with E-state index in [0.717, 1.165) is 5.69 Å². The van der Waals surface area contributed by atoms with Crippen molar-refractivity contribution in [2.24, 2.45) is 0 Å². The number of aromatic nitrogens is 1. The number of nitrogens with one attached hydrogen (secondary N) is 1. The molecule has 1 aromatic heterocycles. The van der Waals surface area contributed by atoms with Crippen LogP contribution in [0.1, 0.15) is 18.7 Å². The standard InChI is InChI=1S/C13H19N3O3S/c1-11(12-4-2-3-5-14-12)15-13(17)10-16-6-8-20(18,19)9-7-16/h2-5,11H,6-10H2,1H3,(H,15,17). The summed E-state index contributed by atoms with van der Waals surface area (Å²) in [5.74, 6) is 0.161. The molecule has 0 bridgehead atoms. The van der Waals surface area contributed by atoms with Crippen LogP contribution in [-0.2, 0) is 14.6 Å². The number of hydrogen-bond donors (Lipinski definition) is 1. The van der Waals surface area contributed by atoms with E-state index in [-0.39, 0.29) is 30.0 Å². The van der Waals surface area contributed by atoms with E-state index in [1.165, 1.54) is 0 Å². The summed E-state index contributed by atoms with van der Waals surface area (Å²) in [4.78, 5) is 18.0. The highest BCUT2D eigenvalue weighted by molar-refractivity contribution is 7.91. The minimum atomic E-state index is -2.90. The molecule has 1 aromatic rings. The van der Waals surface area contributed by atoms with E-state index in [1.807, 2.05) is 30.0 Å². The topological polar surface area (TPSA) is 79.4 Å². The molecule has 1 fully saturated rings. The molecular weight excluding hydrogens is 278 g/mol. The van der Waals surface area contributed by atoms with Crippen molar-refractivity contribution in [2.75, 3.05) is 31.1 Å². The smallest absolute Gasteiger partial charge is 0.234 e. The number of hydrogen-bond acceptors (Lipinski definition) is 5. The van der Waals surface area contributed by atoms with Gasteiger partial charge in [0.25, 0.3) is 0 Å². The fraction of sp³-hybridized carbons (Fsp3) is 0.538. The lowest BCUT2D eigenvalue weighted by atomic mass is 10.2. The van der Waals surface area contributed by atoms with Crippen molar-refractivity contribution in [1.29, 1.82) is 0 Å². The highest BCUT2D eigenvalue weighted by atomic mass is 32.2. The number of sulfone groups is 1. The summed E-state index contributed by atoms with van der Waals surface area (Å²) in [7, 11) is -2.90. The zero-order valence-corrected chi connectivity index (χ0v) is 12.3. The lowest BCUT2D eigenvalue weighted by molar-refractivity contribution is -0.122. The monoisotopic (exact) mass is 297 g/mol. The average Bonchev–Trinajstić information content (AvgIpc) is 2.42. The summed E-state index contributed by atoms with van der Waals surface area (Å²) >= 11 is 0. The van der Waals surface area contributed by atoms with Gasteiger partial charge in [0.15, 0.2) is 9.84 Å². The number of rotatable bonds is 4. The lowest BCUT2D eigenvalue weighted by Gasteiger charge is -2.26. The zero-order valence-electron chi connectivity index (χ0n) is 11.4. The van der Waals surface area contributed by atoms with Crippen molar-refractivity contribution < 1.29 is 13.2 Å². The Morgan fingerprint density at radius 2 is 2.10 bits per heavy atom. The van der Waals surface area contributed by atoms with Crippen LogP contribution in [0.25, 0.3) is 0 Å². The molecule has 1 aliphatic rings. The van der Waals surface area contributed by atoms with Gasteiger partial charge in [0, 0.05) is 19.3 Å². The normalized spacial score (nSPS) is 20.2. The Labute approximate surface area is 119 Å². The Balaban J connectivity index is 1.81. The van der Waals surface area contributed by atoms with Gasteiger partial charge in [-0.25, -0.2) is 8.42 Å². The van der Waals surface area contributed by atoms with Crippen molar-refractivity contribution in [1.82, 2.24) is 15.2 Å². The van der Waals surface area contributed by atoms with Crippen LogP contribution < -0.4 is 5.32 Å². The molecule has 1 aliphatic heterocycles. The third-order valence-corrected chi connectivity index (χ3v) is 4.92. The maximum Gasteiger partial charge on any atom is 0.234 e. The van der Waals surface area contributed by atoms with Gasteiger partial charge in [0.05, 0.1) is 29.8 Å². The summed E-state index contributed by atoms with van der Waals surface area (Å²) in [6.45, 7) is 2.95. The van der Waals surface area contributed by atoms with Gasteiger partial charge in [-0.2, -0.15) is 0 Å². The summed E-state index contributed by atoms with van der Waals surface area (Å²) in [6, 6.07) is 5.41. The number of amides is 1. The molecule has 2 rings (SSSR count). The van der Waals surface area contributed by atoms with Crippen LogP contribution in [0.2, 0.25) is 0 Å². The van der Waals surface area contributed by atoms with E-state index in [1.54, 1.807) is 6.20 Å². The van der Waals surface area contributed by atoms with E-state index in [2.05, 4.69) is 10.3 Å². The Bertz CT molecular complexity index is 545. The van der Waals surface area contributed by atoms with Gasteiger partial charge in [-0.05, 0) is 19.1 Å². The van der Waals surface area contributed by atoms with Crippen LogP contribution in [0.15, 0.2) is 24.4 Å². The molecule has 6 nitrogen and oxygen atoms in total. The molecule has 0 aromatic carbocycles. The van der Waals surface area contributed by atoms with Gasteiger partial charge in [-0.3, -0.25) is 14.7 Å². The van der Waals surface area contributed by atoms with Crippen molar-refractivity contribution in [2.45, 2.75) is 13.0 Å². The van der Waals surface area contributed by atoms with Crippen LogP contribution in [0.4, 0.5) is 0 Å². The fourth-order valence-electron chi connectivity index (χ4n) is 2.10. The number of nitrogens with zero attached hydrogens (tertiary/aromatic N) is 2. The van der Waals surface area contributed by atoms with E-state index in [9.17, 15) is 13.2 Å². The highest BCUT2D eigenvalue weighted by Crippen LogP contribution is 2.08. The predicted molar refractivity (Wildman–Crippen MR) is 75.9 cm³/mol. The summed E-state index contributed by atoms with van der Waals surface area (Å²) in [6.07, 6.45) is 1.69. The fourth-order valence-corrected chi connectivity index (χ4v) is 3.38. The van der Waals surface area contributed by atoms with Crippen LogP contribution in [0, 0.1) is 0 Å². The molecule has 110 valence electrons. The molecule has 1 unspecified atom stereocenters. The van der Waals surface area contributed by atoms with E-state index < -0.39 is 9.84 Å². The average molecular weight is 297 g/mol. The van der Waals surface area contributed by atoms with Gasteiger partial charge >= 0.3 is 0 Å². The molecule has 1 saturated heterocycles. The maximum absolute atomic E-state index is 11.9. The zero-order chi connectivity index (χ0) is 14.6. The first-order valence-electron chi connectivity index (χ1n) is 6.59. The molecular formula is C13H19N3O3S. The second-order valence-electron chi connectivity index (χ2n) is 4.97. The van der Waals surface area contributed by atoms with Crippen LogP contribution in [-0.4, -0.2) is 55.3 Å². The molecule has 1 amide bonds. The molecule has 0 saturated carbocycles. The van der Waals surface area contributed by atoms with Gasteiger partial charge in [-0.15, -0.1) is 0 Å². The van der Waals surface area contributed by atoms with Crippen molar-refractivity contribution in [3.63, 3.8) is 0 Å². The third kappa shape index (κ3) is 4.28. The predicted octanol–water partition coefficient (Wildman–Crippen LogP) is -0.0108. The molecule has 20 heavy (non-hydrogen) atoms. The number of carbonyl (C=O) groups is 1. The summed E-state index contributed by atoms with van der Waals surface area (Å²) < 4.78 is 22.6. The summed E-state index contributed by atoms with van der Waals surface area (Å²) in [5.41, 5.74) is 0.807. The van der Waals surface area contributed by atoms with Gasteiger partial charge < -0.3 is 5.32 Å². The Morgan fingerprint density at radius 3 is 2.70 bits per heavy atom. The van der Waals surface area contributed by atoms with Crippen LogP contribution in [0.3, 0.4) is 0 Å². The third-order valence-electron chi connectivity index (χ3n) is 3.31. The van der Waals surface area contributed by atoms with Crippen LogP contribution in [0.5, 0.6) is 0 Å². The van der Waals surface area contributed by atoms with Gasteiger partial charge in [0.2, 0.25) is 5.91 Å². The largest absolute Gasteiger partial charge is 0.347 e. The number of carbonyl (C=O) groups excluding carboxylic acids is 1. The van der Waals surface area contributed by atoms with E-state index >= 15 is 0 Å². The molecule has 0 spiro atoms. The van der Waals surface area contributed by atoms with Crippen molar-refractivity contribution >= 4 is 15.7 Å². The SMILES string of the molecule is CC(NC(=O)CN1CCS(=O)(=O)CC1)c1ccccn1. The molecule has 1 N–H and O–H groups in total. The maximum atomic E-state index is 11.9. The van der Waals surface area contributed by atoms with E-state index in [4.69, 9.17) is 0 Å². The molecule has 1 atom stereocenters. The molecule has 0 aliphatic carbocycles. The minimum absolute atomic E-state index is 0.109. The van der Waals surface area contributed by atoms with Crippen molar-refractivity contribution in [3.8, 4) is 0 Å². The van der Waals surface area contributed by atoms with Gasteiger partial charge in [0.1, 0.15) is 0 Å². The Hall–Kier alpha value is -1.47. The summed E-state index contributed by atoms with van der Waals surface area (Å²) in [5, 5.41) is 2.87. The van der Waals surface area contributed by atoms with Crippen molar-refractivity contribution in [3.05, 3.63) is 30.1 Å². The first kappa shape index (κ1) is 14.9. The Kier molecular flexibility index (Phi) is 4.72. The lowest BCUT2D eigenvalue weighted by Crippen LogP contribution is -2.45. The van der Waals surface area contributed by atoms with E-state index in [0.29, 0.717) is 13.1 Å². The second-order valence-corrected chi connectivity index (χ2v) is 7.28. The Morgan fingerprint density at radius 1 is 1.40 bits per heavy atom. The first-order valence-corrected chi connectivity index (χ1v) is 8.41. The van der Waals surface area contributed by atoms with Gasteiger partial charge in [-0.1, -0.05) is 6.07 Å². The quantitative estimate of drug-likeness (QED) is 0.845. The molecule has 7 heteroatoms. The first-order chi connectivity index (χ1) is 9.46. The molecule has 2 heterocycles. The van der Waals surface area contributed by atoms with Crippen LogP contribution >= 0.6 is 0 Å². The number of pyridine rings is 1. The molecule has 0 radical (unpaired) electrons. The highest BCUT2D eigenvalue weighted by Gasteiger charge is 2.23.